The van der Waals surface area contributed by atoms with Crippen molar-refractivity contribution in [2.24, 2.45) is 0 Å². The molecule has 0 aliphatic heterocycles. The fourth-order valence-corrected chi connectivity index (χ4v) is 5.61. The van der Waals surface area contributed by atoms with Gasteiger partial charge in [0.1, 0.15) is 0 Å². The highest BCUT2D eigenvalue weighted by molar-refractivity contribution is 6.16. The first-order chi connectivity index (χ1) is 19.2. The Morgan fingerprint density at radius 1 is 0.667 bits per heavy atom. The maximum Gasteiger partial charge on any atom is 0.0998 e. The molecule has 1 heterocycles. The third kappa shape index (κ3) is 3.67. The lowest BCUT2D eigenvalue weighted by atomic mass is 9.85. The molecule has 0 N–H and O–H groups in total. The first-order valence-electron chi connectivity index (χ1n) is 12.5. The Bertz CT molecular complexity index is 2010. The molecule has 0 fully saturated rings. The molecule has 0 atom stereocenters. The van der Waals surface area contributed by atoms with Crippen molar-refractivity contribution in [1.82, 2.24) is 4.57 Å². The number of benzene rings is 4. The number of allylic oxidation sites excluding steroid dienone is 4. The average molecular weight is 498 g/mol. The van der Waals surface area contributed by atoms with Gasteiger partial charge in [0.05, 0.1) is 52.0 Å². The Morgan fingerprint density at radius 2 is 1.41 bits per heavy atom. The van der Waals surface area contributed by atoms with E-state index in [4.69, 9.17) is 0 Å². The highest BCUT2D eigenvalue weighted by Crippen LogP contribution is 2.43. The molecule has 0 unspecified atom stereocenters. The molecule has 1 aliphatic carbocycles. The van der Waals surface area contributed by atoms with E-state index in [-0.39, 0.29) is 0 Å². The van der Waals surface area contributed by atoms with Gasteiger partial charge in [0.2, 0.25) is 0 Å². The zero-order valence-corrected chi connectivity index (χ0v) is 20.8. The molecule has 5 aromatic rings. The molecule has 6 rings (SSSR count). The van der Waals surface area contributed by atoms with E-state index in [2.05, 4.69) is 28.8 Å². The topological polar surface area (TPSA) is 100 Å². The summed E-state index contributed by atoms with van der Waals surface area (Å²) in [7, 11) is 0. The number of nitriles is 4. The molecule has 4 aromatic carbocycles. The molecule has 180 valence electrons. The predicted molar refractivity (Wildman–Crippen MR) is 151 cm³/mol. The number of fused-ring (bicyclic) bond motifs is 3. The van der Waals surface area contributed by atoms with Crippen molar-refractivity contribution in [3.63, 3.8) is 0 Å². The van der Waals surface area contributed by atoms with E-state index in [1.165, 1.54) is 0 Å². The van der Waals surface area contributed by atoms with Crippen LogP contribution >= 0.6 is 0 Å². The van der Waals surface area contributed by atoms with Crippen molar-refractivity contribution in [2.75, 3.05) is 0 Å². The fourth-order valence-electron chi connectivity index (χ4n) is 5.61. The average Bonchev–Trinajstić information content (AvgIpc) is 3.34. The SMILES string of the molecule is N#CC1=CCCC(C#N)=C1c1cccc2c1c1cc(-c3c(C#N)cccc3C#N)ccc1n2-c1ccccc1. The fraction of sp³-hybridized carbons (Fsp3) is 0.0588. The van der Waals surface area contributed by atoms with Crippen LogP contribution in [0.15, 0.2) is 102 Å². The summed E-state index contributed by atoms with van der Waals surface area (Å²) in [5, 5.41) is 41.5. The van der Waals surface area contributed by atoms with Crippen LogP contribution in [0.1, 0.15) is 29.5 Å². The minimum absolute atomic E-state index is 0.428. The van der Waals surface area contributed by atoms with Gasteiger partial charge in [-0.2, -0.15) is 21.0 Å². The third-order valence-corrected chi connectivity index (χ3v) is 7.24. The van der Waals surface area contributed by atoms with Gasteiger partial charge in [-0.1, -0.05) is 48.5 Å². The zero-order chi connectivity index (χ0) is 26.9. The zero-order valence-electron chi connectivity index (χ0n) is 20.8. The molecule has 39 heavy (non-hydrogen) atoms. The van der Waals surface area contributed by atoms with E-state index in [0.29, 0.717) is 46.3 Å². The van der Waals surface area contributed by atoms with E-state index in [9.17, 15) is 21.0 Å². The van der Waals surface area contributed by atoms with Crippen molar-refractivity contribution in [3.8, 4) is 41.1 Å². The predicted octanol–water partition coefficient (Wildman–Crippen LogP) is 7.72. The number of aromatic nitrogens is 1. The van der Waals surface area contributed by atoms with Crippen LogP contribution in [0.4, 0.5) is 0 Å². The summed E-state index contributed by atoms with van der Waals surface area (Å²) in [6, 6.07) is 36.2. The molecule has 0 bridgehead atoms. The van der Waals surface area contributed by atoms with Gasteiger partial charge in [-0.05, 0) is 66.4 Å². The van der Waals surface area contributed by atoms with Crippen LogP contribution in [0.2, 0.25) is 0 Å². The highest BCUT2D eigenvalue weighted by Gasteiger charge is 2.24. The molecule has 0 radical (unpaired) electrons. The first-order valence-corrected chi connectivity index (χ1v) is 12.5. The van der Waals surface area contributed by atoms with Crippen molar-refractivity contribution in [1.29, 1.82) is 21.0 Å². The van der Waals surface area contributed by atoms with Crippen LogP contribution in [-0.4, -0.2) is 4.57 Å². The minimum atomic E-state index is 0.428. The van der Waals surface area contributed by atoms with Crippen LogP contribution in [0.5, 0.6) is 0 Å². The van der Waals surface area contributed by atoms with Crippen LogP contribution < -0.4 is 0 Å². The molecule has 0 saturated heterocycles. The van der Waals surface area contributed by atoms with Gasteiger partial charge in [0.25, 0.3) is 0 Å². The maximum atomic E-state index is 10.0. The Hall–Kier alpha value is -5.88. The molecule has 5 heteroatoms. The summed E-state index contributed by atoms with van der Waals surface area (Å²) in [5.41, 5.74) is 7.66. The Labute approximate surface area is 225 Å². The van der Waals surface area contributed by atoms with Crippen molar-refractivity contribution in [2.45, 2.75) is 12.8 Å². The first kappa shape index (κ1) is 23.5. The van der Waals surface area contributed by atoms with Crippen molar-refractivity contribution in [3.05, 3.63) is 119 Å². The number of rotatable bonds is 3. The molecule has 0 spiro atoms. The van der Waals surface area contributed by atoms with Crippen LogP contribution in [0, 0.1) is 45.3 Å². The third-order valence-electron chi connectivity index (χ3n) is 7.24. The van der Waals surface area contributed by atoms with E-state index < -0.39 is 0 Å². The number of hydrogen-bond donors (Lipinski definition) is 0. The molecular formula is C34H19N5. The molecule has 0 amide bonds. The van der Waals surface area contributed by atoms with Crippen LogP contribution in [0.25, 0.3) is 44.2 Å². The lowest BCUT2D eigenvalue weighted by Crippen LogP contribution is -2.00. The van der Waals surface area contributed by atoms with Gasteiger partial charge in [-0.3, -0.25) is 0 Å². The Balaban J connectivity index is 1.78. The van der Waals surface area contributed by atoms with E-state index >= 15 is 0 Å². The molecular weight excluding hydrogens is 478 g/mol. The second kappa shape index (κ2) is 9.53. The summed E-state index contributed by atoms with van der Waals surface area (Å²) >= 11 is 0. The standard InChI is InChI=1S/C34H19N5/c35-18-23-7-4-8-24(19-36)32(23)22-15-16-30-29(17-22)34-28(33-25(20-37)9-5-10-26(33)21-38)13-6-14-31(34)39(30)27-11-2-1-3-12-27/h1-4,6-9,11-17H,5,10H2. The van der Waals surface area contributed by atoms with Gasteiger partial charge in [0, 0.05) is 33.2 Å². The lowest BCUT2D eigenvalue weighted by molar-refractivity contribution is 0.991. The summed E-state index contributed by atoms with van der Waals surface area (Å²) in [6.45, 7) is 0. The number of para-hydroxylation sites is 1. The molecule has 0 saturated carbocycles. The van der Waals surface area contributed by atoms with E-state index in [1.54, 1.807) is 18.2 Å². The maximum absolute atomic E-state index is 10.0. The van der Waals surface area contributed by atoms with Gasteiger partial charge in [-0.15, -0.1) is 0 Å². The summed E-state index contributed by atoms with van der Waals surface area (Å²) in [6.07, 6.45) is 3.14. The van der Waals surface area contributed by atoms with Crippen LogP contribution in [-0.2, 0) is 0 Å². The van der Waals surface area contributed by atoms with Gasteiger partial charge in [-0.25, -0.2) is 0 Å². The van der Waals surface area contributed by atoms with Gasteiger partial charge < -0.3 is 4.57 Å². The van der Waals surface area contributed by atoms with Crippen molar-refractivity contribution >= 4 is 27.4 Å². The van der Waals surface area contributed by atoms with E-state index in [0.717, 1.165) is 38.6 Å². The largest absolute Gasteiger partial charge is 0.309 e. The monoisotopic (exact) mass is 497 g/mol. The Kier molecular flexibility index (Phi) is 5.75. The molecule has 1 aromatic heterocycles. The second-order valence-corrected chi connectivity index (χ2v) is 9.29. The molecule has 5 nitrogen and oxygen atoms in total. The van der Waals surface area contributed by atoms with E-state index in [1.807, 2.05) is 72.8 Å². The van der Waals surface area contributed by atoms with Gasteiger partial charge in [0.15, 0.2) is 0 Å². The summed E-state index contributed by atoms with van der Waals surface area (Å²) in [4.78, 5) is 0. The molecule has 1 aliphatic rings. The minimum Gasteiger partial charge on any atom is -0.309 e. The number of hydrogen-bond acceptors (Lipinski definition) is 4. The second-order valence-electron chi connectivity index (χ2n) is 9.29. The number of nitrogens with zero attached hydrogens (tertiary/aromatic N) is 5. The normalized spacial score (nSPS) is 12.9. The summed E-state index contributed by atoms with van der Waals surface area (Å²) in [5.74, 6) is 0. The lowest BCUT2D eigenvalue weighted by Gasteiger charge is -2.16. The van der Waals surface area contributed by atoms with Gasteiger partial charge >= 0.3 is 0 Å². The summed E-state index contributed by atoms with van der Waals surface area (Å²) < 4.78 is 2.17. The Morgan fingerprint density at radius 3 is 2.10 bits per heavy atom. The van der Waals surface area contributed by atoms with Crippen LogP contribution in [0.3, 0.4) is 0 Å². The smallest absolute Gasteiger partial charge is 0.0998 e. The quantitative estimate of drug-likeness (QED) is 0.255. The highest BCUT2D eigenvalue weighted by atomic mass is 15.0. The van der Waals surface area contributed by atoms with Crippen molar-refractivity contribution < 1.29 is 0 Å².